The lowest BCUT2D eigenvalue weighted by atomic mass is 9.73. The average molecular weight is 445 g/mol. The SMILES string of the molecule is COc1ccc(OC)c([C@H]2[C@H]([N+](=O)[O-])[C@H](c3ccccc3)N[C@@]23C(=O)Nc2ccccc23)c1. The predicted molar refractivity (Wildman–Crippen MR) is 122 cm³/mol. The first-order valence-corrected chi connectivity index (χ1v) is 10.6. The van der Waals surface area contributed by atoms with Crippen LogP contribution in [0.2, 0.25) is 0 Å². The number of hydrogen-bond acceptors (Lipinski definition) is 6. The quantitative estimate of drug-likeness (QED) is 0.459. The van der Waals surface area contributed by atoms with Gasteiger partial charge in [-0.05, 0) is 29.8 Å². The minimum atomic E-state index is -1.37. The molecule has 1 spiro atoms. The highest BCUT2D eigenvalue weighted by Crippen LogP contribution is 2.56. The topological polar surface area (TPSA) is 103 Å². The molecule has 0 saturated carbocycles. The third-order valence-corrected chi connectivity index (χ3v) is 6.67. The Bertz CT molecular complexity index is 1230. The number of benzene rings is 3. The molecule has 0 bridgehead atoms. The number of carbonyl (C=O) groups excluding carboxylic acids is 1. The summed E-state index contributed by atoms with van der Waals surface area (Å²) in [6.45, 7) is 0. The summed E-state index contributed by atoms with van der Waals surface area (Å²) in [6.07, 6.45) is 0. The van der Waals surface area contributed by atoms with E-state index in [2.05, 4.69) is 10.6 Å². The largest absolute Gasteiger partial charge is 0.497 e. The first-order chi connectivity index (χ1) is 16.0. The summed E-state index contributed by atoms with van der Waals surface area (Å²) in [6, 6.07) is 19.8. The molecule has 1 fully saturated rings. The highest BCUT2D eigenvalue weighted by molar-refractivity contribution is 6.07. The van der Waals surface area contributed by atoms with Gasteiger partial charge in [0.05, 0.1) is 20.1 Å². The van der Waals surface area contributed by atoms with Crippen LogP contribution in [-0.2, 0) is 10.3 Å². The summed E-state index contributed by atoms with van der Waals surface area (Å²) in [5.74, 6) is -0.215. The van der Waals surface area contributed by atoms with Gasteiger partial charge in [0.15, 0.2) is 0 Å². The van der Waals surface area contributed by atoms with E-state index in [-0.39, 0.29) is 10.8 Å². The molecule has 4 atom stereocenters. The van der Waals surface area contributed by atoms with Crippen LogP contribution in [0.25, 0.3) is 0 Å². The number of para-hydroxylation sites is 1. The third-order valence-electron chi connectivity index (χ3n) is 6.67. The van der Waals surface area contributed by atoms with Crippen molar-refractivity contribution in [1.82, 2.24) is 5.32 Å². The molecule has 2 heterocycles. The van der Waals surface area contributed by atoms with Gasteiger partial charge in [-0.2, -0.15) is 0 Å². The summed E-state index contributed by atoms with van der Waals surface area (Å²) >= 11 is 0. The number of nitrogens with one attached hydrogen (secondary N) is 2. The lowest BCUT2D eigenvalue weighted by molar-refractivity contribution is -0.527. The standard InChI is InChI=1S/C25H23N3O5/c1-32-16-12-13-20(33-2)17(14-16)21-23(28(30)31)22(15-8-4-3-5-9-15)27-25(21)18-10-6-7-11-19(18)26-24(25)29/h3-14,21-23,27H,1-2H3,(H,26,29)/t21-,22-,23-,25+/m0/s1. The smallest absolute Gasteiger partial charge is 0.250 e. The zero-order valence-electron chi connectivity index (χ0n) is 18.1. The van der Waals surface area contributed by atoms with Gasteiger partial charge in [0.1, 0.15) is 23.1 Å². The summed E-state index contributed by atoms with van der Waals surface area (Å²) in [4.78, 5) is 26.0. The summed E-state index contributed by atoms with van der Waals surface area (Å²) < 4.78 is 11.0. The zero-order chi connectivity index (χ0) is 23.2. The molecule has 2 N–H and O–H groups in total. The first-order valence-electron chi connectivity index (χ1n) is 10.6. The fourth-order valence-electron chi connectivity index (χ4n) is 5.28. The Labute approximate surface area is 190 Å². The fourth-order valence-corrected chi connectivity index (χ4v) is 5.28. The number of amides is 1. The maximum Gasteiger partial charge on any atom is 0.250 e. The summed E-state index contributed by atoms with van der Waals surface area (Å²) in [5, 5.41) is 19.0. The lowest BCUT2D eigenvalue weighted by Crippen LogP contribution is -2.48. The van der Waals surface area contributed by atoms with E-state index < -0.39 is 23.5 Å². The van der Waals surface area contributed by atoms with Gasteiger partial charge in [-0.25, -0.2) is 0 Å². The van der Waals surface area contributed by atoms with Crippen LogP contribution in [0.3, 0.4) is 0 Å². The Morgan fingerprint density at radius 3 is 2.39 bits per heavy atom. The molecule has 33 heavy (non-hydrogen) atoms. The number of fused-ring (bicyclic) bond motifs is 2. The van der Waals surface area contributed by atoms with Gasteiger partial charge in [0.25, 0.3) is 0 Å². The number of nitro groups is 1. The molecule has 0 aromatic heterocycles. The van der Waals surface area contributed by atoms with Crippen molar-refractivity contribution >= 4 is 11.6 Å². The molecule has 8 heteroatoms. The van der Waals surface area contributed by atoms with Crippen molar-refractivity contribution in [3.63, 3.8) is 0 Å². The van der Waals surface area contributed by atoms with Crippen molar-refractivity contribution < 1.29 is 19.2 Å². The van der Waals surface area contributed by atoms with E-state index in [1.54, 1.807) is 24.3 Å². The van der Waals surface area contributed by atoms with Gasteiger partial charge < -0.3 is 14.8 Å². The van der Waals surface area contributed by atoms with Crippen molar-refractivity contribution in [3.8, 4) is 11.5 Å². The number of rotatable bonds is 5. The van der Waals surface area contributed by atoms with Crippen molar-refractivity contribution in [3.05, 3.63) is 99.6 Å². The van der Waals surface area contributed by atoms with Gasteiger partial charge in [0, 0.05) is 21.7 Å². The monoisotopic (exact) mass is 445 g/mol. The minimum Gasteiger partial charge on any atom is -0.497 e. The van der Waals surface area contributed by atoms with E-state index in [4.69, 9.17) is 9.47 Å². The number of carbonyl (C=O) groups is 1. The molecule has 0 aliphatic carbocycles. The molecule has 0 radical (unpaired) electrons. The Kier molecular flexibility index (Phi) is 5.02. The normalized spacial score (nSPS) is 25.5. The van der Waals surface area contributed by atoms with Gasteiger partial charge in [-0.3, -0.25) is 20.2 Å². The molecule has 8 nitrogen and oxygen atoms in total. The van der Waals surface area contributed by atoms with Crippen molar-refractivity contribution in [2.45, 2.75) is 23.5 Å². The van der Waals surface area contributed by atoms with E-state index in [9.17, 15) is 14.9 Å². The van der Waals surface area contributed by atoms with Crippen LogP contribution in [0.1, 0.15) is 28.7 Å². The van der Waals surface area contributed by atoms with Crippen LogP contribution < -0.4 is 20.1 Å². The van der Waals surface area contributed by atoms with E-state index >= 15 is 0 Å². The Morgan fingerprint density at radius 1 is 0.970 bits per heavy atom. The lowest BCUT2D eigenvalue weighted by Gasteiger charge is -2.30. The van der Waals surface area contributed by atoms with Crippen LogP contribution in [-0.4, -0.2) is 31.1 Å². The fraction of sp³-hybridized carbons (Fsp3) is 0.240. The van der Waals surface area contributed by atoms with Gasteiger partial charge in [-0.15, -0.1) is 0 Å². The van der Waals surface area contributed by atoms with E-state index in [0.717, 1.165) is 5.56 Å². The zero-order valence-corrected chi connectivity index (χ0v) is 18.1. The number of hydrogen-bond donors (Lipinski definition) is 2. The van der Waals surface area contributed by atoms with Crippen molar-refractivity contribution in [2.24, 2.45) is 0 Å². The third kappa shape index (κ3) is 3.06. The van der Waals surface area contributed by atoms with Crippen molar-refractivity contribution in [1.29, 1.82) is 0 Å². The van der Waals surface area contributed by atoms with Gasteiger partial charge >= 0.3 is 0 Å². The van der Waals surface area contributed by atoms with Crippen LogP contribution in [0.4, 0.5) is 5.69 Å². The van der Waals surface area contributed by atoms with E-state index in [1.165, 1.54) is 14.2 Å². The Morgan fingerprint density at radius 2 is 1.70 bits per heavy atom. The molecule has 3 aromatic carbocycles. The molecular formula is C25H23N3O5. The predicted octanol–water partition coefficient (Wildman–Crippen LogP) is 3.62. The van der Waals surface area contributed by atoms with Crippen LogP contribution in [0.5, 0.6) is 11.5 Å². The second-order valence-electron chi connectivity index (χ2n) is 8.20. The number of nitrogens with zero attached hydrogens (tertiary/aromatic N) is 1. The number of methoxy groups -OCH3 is 2. The average Bonchev–Trinajstić information content (AvgIpc) is 3.35. The van der Waals surface area contributed by atoms with Crippen LogP contribution in [0.15, 0.2) is 72.8 Å². The molecule has 1 saturated heterocycles. The van der Waals surface area contributed by atoms with E-state index in [0.29, 0.717) is 28.3 Å². The molecule has 168 valence electrons. The highest BCUT2D eigenvalue weighted by Gasteiger charge is 2.67. The molecule has 0 unspecified atom stereocenters. The molecule has 5 rings (SSSR count). The number of ether oxygens (including phenoxy) is 2. The second kappa shape index (κ2) is 7.90. The first kappa shape index (κ1) is 21.0. The maximum absolute atomic E-state index is 13.7. The minimum absolute atomic E-state index is 0.294. The highest BCUT2D eigenvalue weighted by atomic mass is 16.6. The Balaban J connectivity index is 1.82. The molecule has 2 aliphatic rings. The summed E-state index contributed by atoms with van der Waals surface area (Å²) in [7, 11) is 3.04. The van der Waals surface area contributed by atoms with Gasteiger partial charge in [0.2, 0.25) is 11.9 Å². The molecular weight excluding hydrogens is 422 g/mol. The maximum atomic E-state index is 13.7. The Hall–Kier alpha value is -3.91. The second-order valence-corrected chi connectivity index (χ2v) is 8.20. The number of anilines is 1. The van der Waals surface area contributed by atoms with Gasteiger partial charge in [-0.1, -0.05) is 48.5 Å². The molecule has 1 amide bonds. The summed E-state index contributed by atoms with van der Waals surface area (Å²) in [5.41, 5.74) is 1.22. The molecule has 2 aliphatic heterocycles. The van der Waals surface area contributed by atoms with Crippen molar-refractivity contribution in [2.75, 3.05) is 19.5 Å². The van der Waals surface area contributed by atoms with Crippen LogP contribution in [0, 0.1) is 10.1 Å². The van der Waals surface area contributed by atoms with Crippen LogP contribution >= 0.6 is 0 Å². The van der Waals surface area contributed by atoms with E-state index in [1.807, 2.05) is 48.5 Å². The molecule has 3 aromatic rings.